The minimum Gasteiger partial charge on any atom is -0.355 e. The van der Waals surface area contributed by atoms with Crippen LogP contribution in [0.2, 0.25) is 0 Å². The van der Waals surface area contributed by atoms with E-state index in [-0.39, 0.29) is 5.54 Å². The Morgan fingerprint density at radius 2 is 2.55 bits per heavy atom. The molecule has 0 aromatic carbocycles. The van der Waals surface area contributed by atoms with E-state index in [0.717, 1.165) is 5.13 Å². The van der Waals surface area contributed by atoms with Crippen molar-refractivity contribution in [1.29, 1.82) is 0 Å². The molecule has 0 amide bonds. The molecule has 1 aliphatic carbocycles. The molecule has 0 saturated heterocycles. The first-order valence-electron chi connectivity index (χ1n) is 3.72. The van der Waals surface area contributed by atoms with E-state index >= 15 is 0 Å². The second-order valence-electron chi connectivity index (χ2n) is 2.95. The topological polar surface area (TPSA) is 50.9 Å². The van der Waals surface area contributed by atoms with Crippen molar-refractivity contribution in [3.05, 3.63) is 11.6 Å². The minimum absolute atomic E-state index is 0.192. The predicted octanol–water partition coefficient (Wildman–Crippen LogP) is 1.05. The van der Waals surface area contributed by atoms with Crippen LogP contribution in [0.1, 0.15) is 12.8 Å². The fourth-order valence-corrected chi connectivity index (χ4v) is 1.69. The maximum atomic E-state index is 5.60. The normalized spacial score (nSPS) is 19.7. The summed E-state index contributed by atoms with van der Waals surface area (Å²) >= 11 is 1.63. The van der Waals surface area contributed by atoms with E-state index in [9.17, 15) is 0 Å². The monoisotopic (exact) mass is 169 g/mol. The first kappa shape index (κ1) is 7.06. The van der Waals surface area contributed by atoms with E-state index in [1.807, 2.05) is 5.38 Å². The molecule has 1 aromatic rings. The molecule has 3 nitrogen and oxygen atoms in total. The van der Waals surface area contributed by atoms with Crippen molar-refractivity contribution in [1.82, 2.24) is 4.98 Å². The van der Waals surface area contributed by atoms with Crippen LogP contribution < -0.4 is 11.1 Å². The average molecular weight is 169 g/mol. The SMILES string of the molecule is NCC1(Nc2nccs2)CC1. The first-order valence-corrected chi connectivity index (χ1v) is 4.60. The summed E-state index contributed by atoms with van der Waals surface area (Å²) in [6.45, 7) is 0.715. The molecule has 11 heavy (non-hydrogen) atoms. The molecule has 60 valence electrons. The van der Waals surface area contributed by atoms with Crippen LogP contribution in [0, 0.1) is 0 Å². The van der Waals surface area contributed by atoms with Gasteiger partial charge in [-0.05, 0) is 12.8 Å². The number of hydrogen-bond donors (Lipinski definition) is 2. The molecule has 1 fully saturated rings. The molecule has 4 heteroatoms. The van der Waals surface area contributed by atoms with E-state index in [4.69, 9.17) is 5.73 Å². The number of hydrogen-bond acceptors (Lipinski definition) is 4. The van der Waals surface area contributed by atoms with Crippen LogP contribution in [0.25, 0.3) is 0 Å². The Hall–Kier alpha value is -0.610. The van der Waals surface area contributed by atoms with Gasteiger partial charge in [-0.15, -0.1) is 11.3 Å². The van der Waals surface area contributed by atoms with Crippen molar-refractivity contribution in [2.75, 3.05) is 11.9 Å². The summed E-state index contributed by atoms with van der Waals surface area (Å²) in [4.78, 5) is 4.14. The summed E-state index contributed by atoms with van der Waals surface area (Å²) in [6.07, 6.45) is 4.17. The third-order valence-corrected chi connectivity index (χ3v) is 2.74. The lowest BCUT2D eigenvalue weighted by Gasteiger charge is -2.12. The smallest absolute Gasteiger partial charge is 0.183 e. The fraction of sp³-hybridized carbons (Fsp3) is 0.571. The molecule has 0 spiro atoms. The van der Waals surface area contributed by atoms with Gasteiger partial charge in [-0.1, -0.05) is 0 Å². The fourth-order valence-electron chi connectivity index (χ4n) is 1.04. The van der Waals surface area contributed by atoms with Gasteiger partial charge in [0.25, 0.3) is 0 Å². The Balaban J connectivity index is 2.01. The summed E-state index contributed by atoms with van der Waals surface area (Å²) < 4.78 is 0. The van der Waals surface area contributed by atoms with Gasteiger partial charge in [-0.2, -0.15) is 0 Å². The maximum Gasteiger partial charge on any atom is 0.183 e. The number of thiazole rings is 1. The van der Waals surface area contributed by atoms with Crippen LogP contribution in [0.3, 0.4) is 0 Å². The summed E-state index contributed by atoms with van der Waals surface area (Å²) in [7, 11) is 0. The van der Waals surface area contributed by atoms with E-state index in [0.29, 0.717) is 6.54 Å². The van der Waals surface area contributed by atoms with Gasteiger partial charge in [0.2, 0.25) is 0 Å². The molecular formula is C7H11N3S. The Kier molecular flexibility index (Phi) is 1.58. The van der Waals surface area contributed by atoms with Gasteiger partial charge in [-0.3, -0.25) is 0 Å². The van der Waals surface area contributed by atoms with Gasteiger partial charge in [0, 0.05) is 18.1 Å². The Morgan fingerprint density at radius 1 is 1.73 bits per heavy atom. The lowest BCUT2D eigenvalue weighted by atomic mass is 10.3. The highest BCUT2D eigenvalue weighted by Crippen LogP contribution is 2.38. The van der Waals surface area contributed by atoms with Gasteiger partial charge in [0.1, 0.15) is 0 Å². The van der Waals surface area contributed by atoms with Gasteiger partial charge in [0.15, 0.2) is 5.13 Å². The largest absolute Gasteiger partial charge is 0.355 e. The van der Waals surface area contributed by atoms with Crippen molar-refractivity contribution < 1.29 is 0 Å². The zero-order valence-electron chi connectivity index (χ0n) is 6.21. The Morgan fingerprint density at radius 3 is 3.00 bits per heavy atom. The molecule has 0 bridgehead atoms. The number of aromatic nitrogens is 1. The summed E-state index contributed by atoms with van der Waals surface area (Å²) in [5, 5.41) is 6.30. The highest BCUT2D eigenvalue weighted by atomic mass is 32.1. The highest BCUT2D eigenvalue weighted by molar-refractivity contribution is 7.13. The van der Waals surface area contributed by atoms with E-state index < -0.39 is 0 Å². The van der Waals surface area contributed by atoms with Crippen LogP contribution in [-0.4, -0.2) is 17.1 Å². The lowest BCUT2D eigenvalue weighted by molar-refractivity contribution is 0.741. The Labute approximate surface area is 69.6 Å². The third kappa shape index (κ3) is 1.36. The molecule has 1 heterocycles. The van der Waals surface area contributed by atoms with Crippen LogP contribution in [0.5, 0.6) is 0 Å². The number of nitrogens with one attached hydrogen (secondary N) is 1. The average Bonchev–Trinajstić information content (AvgIpc) is 2.59. The van der Waals surface area contributed by atoms with Crippen LogP contribution in [0.4, 0.5) is 5.13 Å². The van der Waals surface area contributed by atoms with E-state index in [1.165, 1.54) is 12.8 Å². The summed E-state index contributed by atoms with van der Waals surface area (Å²) in [6, 6.07) is 0. The molecule has 0 aliphatic heterocycles. The molecule has 1 aliphatic rings. The van der Waals surface area contributed by atoms with Gasteiger partial charge in [-0.25, -0.2) is 4.98 Å². The van der Waals surface area contributed by atoms with E-state index in [2.05, 4.69) is 10.3 Å². The molecule has 0 atom stereocenters. The molecule has 1 aromatic heterocycles. The number of nitrogens with zero attached hydrogens (tertiary/aromatic N) is 1. The van der Waals surface area contributed by atoms with Crippen LogP contribution in [-0.2, 0) is 0 Å². The van der Waals surface area contributed by atoms with Crippen molar-refractivity contribution in [2.45, 2.75) is 18.4 Å². The molecule has 0 radical (unpaired) electrons. The highest BCUT2D eigenvalue weighted by Gasteiger charge is 2.41. The third-order valence-electron chi connectivity index (χ3n) is 2.05. The molecular weight excluding hydrogens is 158 g/mol. The summed E-state index contributed by atoms with van der Waals surface area (Å²) in [5.41, 5.74) is 5.79. The van der Waals surface area contributed by atoms with E-state index in [1.54, 1.807) is 17.5 Å². The summed E-state index contributed by atoms with van der Waals surface area (Å²) in [5.74, 6) is 0. The first-order chi connectivity index (χ1) is 5.35. The second-order valence-corrected chi connectivity index (χ2v) is 3.84. The maximum absolute atomic E-state index is 5.60. The quantitative estimate of drug-likeness (QED) is 0.711. The lowest BCUT2D eigenvalue weighted by Crippen LogP contribution is -2.30. The van der Waals surface area contributed by atoms with Crippen molar-refractivity contribution in [3.8, 4) is 0 Å². The number of rotatable bonds is 3. The van der Waals surface area contributed by atoms with Crippen molar-refractivity contribution in [3.63, 3.8) is 0 Å². The predicted molar refractivity (Wildman–Crippen MR) is 46.8 cm³/mol. The van der Waals surface area contributed by atoms with Gasteiger partial charge < -0.3 is 11.1 Å². The molecule has 1 saturated carbocycles. The number of nitrogens with two attached hydrogens (primary N) is 1. The van der Waals surface area contributed by atoms with Crippen LogP contribution >= 0.6 is 11.3 Å². The van der Waals surface area contributed by atoms with Crippen LogP contribution in [0.15, 0.2) is 11.6 Å². The zero-order valence-corrected chi connectivity index (χ0v) is 7.03. The Bertz CT molecular complexity index is 228. The van der Waals surface area contributed by atoms with Crippen molar-refractivity contribution >= 4 is 16.5 Å². The van der Waals surface area contributed by atoms with Gasteiger partial charge in [0.05, 0.1) is 5.54 Å². The molecule has 3 N–H and O–H groups in total. The molecule has 2 rings (SSSR count). The van der Waals surface area contributed by atoms with Crippen molar-refractivity contribution in [2.24, 2.45) is 5.73 Å². The minimum atomic E-state index is 0.192. The standard InChI is InChI=1S/C7H11N3S/c8-5-7(1-2-7)10-6-9-3-4-11-6/h3-4H,1-2,5,8H2,(H,9,10). The molecule has 0 unspecified atom stereocenters. The zero-order chi connectivity index (χ0) is 7.73. The second kappa shape index (κ2) is 2.46. The number of anilines is 1. The van der Waals surface area contributed by atoms with Gasteiger partial charge >= 0.3 is 0 Å².